The second-order valence-electron chi connectivity index (χ2n) is 14.6. The number of benzene rings is 7. The molecule has 0 radical (unpaired) electrons. The SMILES string of the molecule is O=[N+]([O-])c1ccc(S(=O)(=O)O)c(Nc2ccc(N=Nc3ccc(O)c(N=Nc4cc(S(=O)(=O)O)cc5c(N=Nc6ccc(Nc7cccc([N+](=O)[O-])c7S(=O)(=O)O)cc6)c(S(=O)(=O)O)cc(O)c45)c3O)cc2)c1. The van der Waals surface area contributed by atoms with Crippen LogP contribution in [0.2, 0.25) is 0 Å². The third-order valence-corrected chi connectivity index (χ3v) is 13.3. The molecule has 29 nitrogen and oxygen atoms in total. The Morgan fingerprint density at radius 1 is 0.479 bits per heavy atom. The molecular weight excluding hydrogens is 1050 g/mol. The van der Waals surface area contributed by atoms with Gasteiger partial charge in [0.25, 0.3) is 41.7 Å². The third-order valence-electron chi connectivity index (χ3n) is 9.78. The summed E-state index contributed by atoms with van der Waals surface area (Å²) in [7, 11) is -20.5. The van der Waals surface area contributed by atoms with Crippen LogP contribution in [0.5, 0.6) is 17.2 Å². The van der Waals surface area contributed by atoms with Crippen LogP contribution in [0.1, 0.15) is 0 Å². The van der Waals surface area contributed by atoms with Crippen LogP contribution >= 0.6 is 0 Å². The molecule has 0 heterocycles. The number of hydrogen-bond donors (Lipinski definition) is 9. The molecule has 33 heteroatoms. The maximum atomic E-state index is 12.6. The van der Waals surface area contributed by atoms with Crippen molar-refractivity contribution >= 4 is 119 Å². The van der Waals surface area contributed by atoms with Crippen LogP contribution in [0.4, 0.5) is 68.2 Å². The number of phenolic OH excluding ortho intramolecular Hbond substituents is 3. The van der Waals surface area contributed by atoms with Gasteiger partial charge in [0.15, 0.2) is 16.3 Å². The van der Waals surface area contributed by atoms with Crippen LogP contribution < -0.4 is 10.6 Å². The Morgan fingerprint density at radius 3 is 1.59 bits per heavy atom. The van der Waals surface area contributed by atoms with Gasteiger partial charge in [-0.3, -0.25) is 38.4 Å². The largest absolute Gasteiger partial charge is 0.507 e. The summed E-state index contributed by atoms with van der Waals surface area (Å²) in [4.78, 5) is 17.0. The highest BCUT2D eigenvalue weighted by Gasteiger charge is 2.29. The number of nitrogens with zero attached hydrogens (tertiary/aromatic N) is 8. The smallest absolute Gasteiger partial charge is 0.303 e. The fourth-order valence-electron chi connectivity index (χ4n) is 6.57. The number of rotatable bonds is 16. The van der Waals surface area contributed by atoms with Crippen molar-refractivity contribution in [2.45, 2.75) is 19.6 Å². The number of azo groups is 3. The Balaban J connectivity index is 1.22. The number of nitrogens with one attached hydrogen (secondary N) is 2. The zero-order valence-corrected chi connectivity index (χ0v) is 39.0. The summed E-state index contributed by atoms with van der Waals surface area (Å²) in [6.45, 7) is 0. The summed E-state index contributed by atoms with van der Waals surface area (Å²) in [6, 6.07) is 19.8. The first-order valence-corrected chi connectivity index (χ1v) is 25.2. The van der Waals surface area contributed by atoms with Gasteiger partial charge in [0, 0.05) is 41.0 Å². The summed E-state index contributed by atoms with van der Waals surface area (Å²) in [5.74, 6) is -2.64. The number of hydrogen-bond acceptors (Lipinski definition) is 23. The van der Waals surface area contributed by atoms with Crippen LogP contribution in [-0.4, -0.2) is 77.0 Å². The first-order chi connectivity index (χ1) is 34.1. The van der Waals surface area contributed by atoms with Crippen molar-refractivity contribution in [1.82, 2.24) is 0 Å². The molecule has 7 aromatic rings. The van der Waals surface area contributed by atoms with E-state index in [4.69, 9.17) is 0 Å². The number of fused-ring (bicyclic) bond motifs is 1. The van der Waals surface area contributed by atoms with E-state index in [1.807, 2.05) is 0 Å². The Labute approximate surface area is 408 Å². The van der Waals surface area contributed by atoms with Gasteiger partial charge in [-0.15, -0.1) is 20.5 Å². The predicted molar refractivity (Wildman–Crippen MR) is 253 cm³/mol. The summed E-state index contributed by atoms with van der Waals surface area (Å²) < 4.78 is 138. The van der Waals surface area contributed by atoms with Crippen molar-refractivity contribution in [2.75, 3.05) is 10.6 Å². The van der Waals surface area contributed by atoms with E-state index < -0.39 is 132 Å². The fraction of sp³-hybridized carbons (Fsp3) is 0. The molecule has 0 aliphatic heterocycles. The van der Waals surface area contributed by atoms with Crippen LogP contribution in [0, 0.1) is 20.2 Å². The zero-order chi connectivity index (χ0) is 53.4. The number of nitro groups is 2. The van der Waals surface area contributed by atoms with E-state index in [0.29, 0.717) is 18.2 Å². The molecule has 7 aromatic carbocycles. The Morgan fingerprint density at radius 2 is 1.04 bits per heavy atom. The van der Waals surface area contributed by atoms with E-state index in [1.54, 1.807) is 0 Å². The molecule has 376 valence electrons. The van der Waals surface area contributed by atoms with E-state index in [-0.39, 0.29) is 34.1 Å². The fourth-order valence-corrected chi connectivity index (χ4v) is 9.18. The Bertz CT molecular complexity index is 4010. The van der Waals surface area contributed by atoms with Crippen molar-refractivity contribution in [2.24, 2.45) is 30.7 Å². The van der Waals surface area contributed by atoms with Gasteiger partial charge in [-0.05, 0) is 84.9 Å². The molecule has 0 aliphatic rings. The van der Waals surface area contributed by atoms with Gasteiger partial charge in [-0.2, -0.15) is 43.9 Å². The minimum absolute atomic E-state index is 0.0703. The molecule has 0 bridgehead atoms. The summed E-state index contributed by atoms with van der Waals surface area (Å²) in [5, 5.41) is 82.9. The zero-order valence-electron chi connectivity index (χ0n) is 35.7. The van der Waals surface area contributed by atoms with E-state index in [0.717, 1.165) is 48.5 Å². The van der Waals surface area contributed by atoms with Gasteiger partial charge >= 0.3 is 10.1 Å². The molecule has 0 amide bonds. The number of non-ortho nitro benzene ring substituents is 1. The predicted octanol–water partition coefficient (Wildman–Crippen LogP) is 9.49. The average molecular weight is 1080 g/mol. The van der Waals surface area contributed by atoms with E-state index in [1.165, 1.54) is 48.5 Å². The number of nitro benzene ring substituents is 2. The average Bonchev–Trinajstić information content (AvgIpc) is 3.30. The first-order valence-electron chi connectivity index (χ1n) is 19.4. The molecule has 0 atom stereocenters. The standard InChI is InChI=1S/C40H28N10O19S4/c51-32-14-13-27(45-43-22-8-6-21(7-9-22)42-29-16-24(49(54)55)12-15-34(29)71(61,62)63)39(53)38(32)48-46-30-18-25(70(58,59)60)17-26-36(30)33(52)19-35(72(64,65)66)37(26)47-44-23-10-4-20(5-11-23)41-28-2-1-3-31(50(56)57)40(28)73(67,68)69/h1-19,41-42,51-53H,(H,58,59,60)(H,61,62,63)(H,64,65,66)(H,67,68,69). The molecule has 0 aromatic heterocycles. The van der Waals surface area contributed by atoms with Gasteiger partial charge in [0.2, 0.25) is 0 Å². The highest BCUT2D eigenvalue weighted by molar-refractivity contribution is 7.86. The Kier molecular flexibility index (Phi) is 14.0. The highest BCUT2D eigenvalue weighted by Crippen LogP contribution is 2.48. The molecule has 73 heavy (non-hydrogen) atoms. The van der Waals surface area contributed by atoms with Crippen LogP contribution in [0.25, 0.3) is 10.8 Å². The topological polar surface area (TPSA) is 463 Å². The van der Waals surface area contributed by atoms with Gasteiger partial charge in [-0.1, -0.05) is 6.07 Å². The van der Waals surface area contributed by atoms with Crippen molar-refractivity contribution in [3.05, 3.63) is 135 Å². The number of phenols is 3. The molecule has 0 fully saturated rings. The normalized spacial score (nSPS) is 12.5. The quantitative estimate of drug-likeness (QED) is 0.0188. The summed E-state index contributed by atoms with van der Waals surface area (Å²) >= 11 is 0. The van der Waals surface area contributed by atoms with Crippen LogP contribution in [0.15, 0.2) is 166 Å². The van der Waals surface area contributed by atoms with E-state index in [2.05, 4.69) is 41.3 Å². The summed E-state index contributed by atoms with van der Waals surface area (Å²) in [6.07, 6.45) is 0. The molecule has 0 aliphatic carbocycles. The van der Waals surface area contributed by atoms with Gasteiger partial charge < -0.3 is 26.0 Å². The lowest BCUT2D eigenvalue weighted by Gasteiger charge is -2.12. The lowest BCUT2D eigenvalue weighted by molar-refractivity contribution is -0.387. The maximum absolute atomic E-state index is 12.6. The monoisotopic (exact) mass is 1080 g/mol. The molecule has 0 unspecified atom stereocenters. The van der Waals surface area contributed by atoms with Gasteiger partial charge in [0.1, 0.15) is 32.7 Å². The third kappa shape index (κ3) is 11.6. The highest BCUT2D eigenvalue weighted by atomic mass is 32.2. The molecular formula is C40H28N10O19S4. The lowest BCUT2D eigenvalue weighted by atomic mass is 10.1. The van der Waals surface area contributed by atoms with Gasteiger partial charge in [-0.25, -0.2) is 0 Å². The minimum atomic E-state index is -5.35. The maximum Gasteiger partial charge on any atom is 0.303 e. The molecule has 0 saturated carbocycles. The Hall–Kier alpha value is -8.96. The molecule has 9 N–H and O–H groups in total. The second-order valence-corrected chi connectivity index (χ2v) is 20.2. The minimum Gasteiger partial charge on any atom is -0.507 e. The van der Waals surface area contributed by atoms with Crippen molar-refractivity contribution in [1.29, 1.82) is 0 Å². The molecule has 0 saturated heterocycles. The van der Waals surface area contributed by atoms with Crippen molar-refractivity contribution in [3.63, 3.8) is 0 Å². The first kappa shape index (κ1) is 51.9. The van der Waals surface area contributed by atoms with E-state index >= 15 is 0 Å². The lowest BCUT2D eigenvalue weighted by Crippen LogP contribution is -2.07. The van der Waals surface area contributed by atoms with Gasteiger partial charge in [0.05, 0.1) is 48.6 Å². The number of aromatic hydroxyl groups is 3. The molecule has 7 rings (SSSR count). The van der Waals surface area contributed by atoms with Crippen molar-refractivity contribution in [3.8, 4) is 17.2 Å². The van der Waals surface area contributed by atoms with E-state index in [9.17, 15) is 87.4 Å². The number of anilines is 4. The van der Waals surface area contributed by atoms with Crippen molar-refractivity contribution < 1.29 is 77.0 Å². The van der Waals surface area contributed by atoms with Crippen LogP contribution in [0.3, 0.4) is 0 Å². The summed E-state index contributed by atoms with van der Waals surface area (Å²) in [5.41, 5.74) is -4.55. The molecule has 0 spiro atoms. The second kappa shape index (κ2) is 19.7. The van der Waals surface area contributed by atoms with Crippen LogP contribution in [-0.2, 0) is 40.5 Å².